The van der Waals surface area contributed by atoms with Crippen LogP contribution in [0.1, 0.15) is 90.4 Å². The first kappa shape index (κ1) is 38.3. The van der Waals surface area contributed by atoms with Crippen LogP contribution in [0.4, 0.5) is 19.4 Å². The van der Waals surface area contributed by atoms with E-state index in [1.54, 1.807) is 21.7 Å². The van der Waals surface area contributed by atoms with E-state index in [0.29, 0.717) is 67.5 Å². The second-order valence-electron chi connectivity index (χ2n) is 15.1. The molecule has 12 nitrogen and oxygen atoms in total. The van der Waals surface area contributed by atoms with Gasteiger partial charge in [0.05, 0.1) is 12.2 Å². The second kappa shape index (κ2) is 17.7. The first-order valence-corrected chi connectivity index (χ1v) is 19.6. The molecular formula is C41H51F2N9O3. The highest BCUT2D eigenvalue weighted by Crippen LogP contribution is 2.37. The van der Waals surface area contributed by atoms with Gasteiger partial charge in [-0.15, -0.1) is 0 Å². The van der Waals surface area contributed by atoms with Gasteiger partial charge in [-0.05, 0) is 107 Å². The van der Waals surface area contributed by atoms with Crippen LogP contribution in [0.25, 0.3) is 5.65 Å². The van der Waals surface area contributed by atoms with E-state index in [2.05, 4.69) is 56.8 Å². The van der Waals surface area contributed by atoms with Gasteiger partial charge in [-0.2, -0.15) is 5.10 Å². The van der Waals surface area contributed by atoms with Crippen LogP contribution in [0.5, 0.6) is 0 Å². The van der Waals surface area contributed by atoms with Gasteiger partial charge in [-0.3, -0.25) is 14.9 Å². The molecule has 2 N–H and O–H groups in total. The summed E-state index contributed by atoms with van der Waals surface area (Å²) in [6.07, 6.45) is 10.3. The predicted octanol–water partition coefficient (Wildman–Crippen LogP) is 5.50. The highest BCUT2D eigenvalue weighted by atomic mass is 19.1. The van der Waals surface area contributed by atoms with Gasteiger partial charge in [0.1, 0.15) is 23.0 Å². The van der Waals surface area contributed by atoms with E-state index in [1.807, 2.05) is 4.90 Å². The van der Waals surface area contributed by atoms with Crippen molar-refractivity contribution in [2.45, 2.75) is 69.9 Å². The number of hydrogen-bond donors (Lipinski definition) is 2. The topological polar surface area (TPSA) is 118 Å². The average Bonchev–Trinajstić information content (AvgIpc) is 3.86. The third kappa shape index (κ3) is 9.48. The molecule has 0 bridgehead atoms. The van der Waals surface area contributed by atoms with Gasteiger partial charge >= 0.3 is 6.03 Å². The van der Waals surface area contributed by atoms with Crippen LogP contribution in [0.15, 0.2) is 60.9 Å². The van der Waals surface area contributed by atoms with E-state index in [0.717, 1.165) is 82.9 Å². The number of carbonyl (C=O) groups is 3. The summed E-state index contributed by atoms with van der Waals surface area (Å²) >= 11 is 0. The molecule has 292 valence electrons. The molecule has 2 aromatic heterocycles. The zero-order chi connectivity index (χ0) is 38.3. The number of piperidine rings is 1. The number of urea groups is 1. The van der Waals surface area contributed by atoms with E-state index in [-0.39, 0.29) is 23.9 Å². The molecule has 3 aliphatic rings. The van der Waals surface area contributed by atoms with Crippen LogP contribution in [0, 0.1) is 11.6 Å². The summed E-state index contributed by atoms with van der Waals surface area (Å²) in [5, 5.41) is 9.73. The summed E-state index contributed by atoms with van der Waals surface area (Å²) in [7, 11) is 2.17. The fourth-order valence-corrected chi connectivity index (χ4v) is 8.07. The molecule has 7 rings (SSSR count). The SMILES string of the molecule is CN(CCCCCNC(=O)c1cnn2ccc(N3CCC[C@@H]3c3cc(F)ccc3F)nc12)CCN1CCC(c2ccc(CN3CCC(=O)NC3=O)cc2)CC1. The number of carbonyl (C=O) groups excluding carboxylic acids is 3. The van der Waals surface area contributed by atoms with Crippen molar-refractivity contribution in [3.63, 3.8) is 0 Å². The molecule has 1 atom stereocenters. The number of rotatable bonds is 15. The number of amides is 4. The van der Waals surface area contributed by atoms with Crippen molar-refractivity contribution >= 4 is 29.3 Å². The fraction of sp³-hybridized carbons (Fsp3) is 0.488. The third-order valence-corrected chi connectivity index (χ3v) is 11.3. The minimum atomic E-state index is -0.470. The molecule has 2 aromatic carbocycles. The quantitative estimate of drug-likeness (QED) is 0.153. The molecule has 55 heavy (non-hydrogen) atoms. The molecule has 5 heterocycles. The zero-order valence-corrected chi connectivity index (χ0v) is 31.6. The molecule has 14 heteroatoms. The number of imide groups is 1. The molecule has 3 aliphatic heterocycles. The summed E-state index contributed by atoms with van der Waals surface area (Å²) in [6, 6.07) is 13.3. The minimum Gasteiger partial charge on any atom is -0.352 e. The van der Waals surface area contributed by atoms with Crippen molar-refractivity contribution in [3.8, 4) is 0 Å². The maximum Gasteiger partial charge on any atom is 0.324 e. The molecule has 0 saturated carbocycles. The van der Waals surface area contributed by atoms with Gasteiger partial charge in [0.2, 0.25) is 5.91 Å². The van der Waals surface area contributed by atoms with Gasteiger partial charge < -0.3 is 24.9 Å². The van der Waals surface area contributed by atoms with Gasteiger partial charge in [-0.25, -0.2) is 23.1 Å². The Balaban J connectivity index is 0.784. The van der Waals surface area contributed by atoms with E-state index in [4.69, 9.17) is 4.98 Å². The third-order valence-electron chi connectivity index (χ3n) is 11.3. The van der Waals surface area contributed by atoms with Gasteiger partial charge in [0.25, 0.3) is 5.91 Å². The number of unbranched alkanes of at least 4 members (excludes halogenated alkanes) is 2. The summed E-state index contributed by atoms with van der Waals surface area (Å²) in [4.78, 5) is 50.0. The number of fused-ring (bicyclic) bond motifs is 1. The molecule has 4 aromatic rings. The van der Waals surface area contributed by atoms with E-state index in [9.17, 15) is 23.2 Å². The monoisotopic (exact) mass is 755 g/mol. The number of hydrogen-bond acceptors (Lipinski definition) is 8. The summed E-state index contributed by atoms with van der Waals surface area (Å²) in [5.41, 5.74) is 3.57. The van der Waals surface area contributed by atoms with E-state index < -0.39 is 11.6 Å². The Morgan fingerprint density at radius 2 is 1.78 bits per heavy atom. The molecule has 0 spiro atoms. The van der Waals surface area contributed by atoms with Crippen molar-refractivity contribution in [1.82, 2.24) is 39.9 Å². The number of benzene rings is 2. The Hall–Kier alpha value is -4.95. The first-order chi connectivity index (χ1) is 26.7. The number of halogens is 2. The molecule has 3 fully saturated rings. The lowest BCUT2D eigenvalue weighted by molar-refractivity contribution is -0.121. The highest BCUT2D eigenvalue weighted by Gasteiger charge is 2.30. The number of likely N-dealkylation sites (tertiary alicyclic amines) is 1. The Kier molecular flexibility index (Phi) is 12.3. The summed E-state index contributed by atoms with van der Waals surface area (Å²) < 4.78 is 30.2. The van der Waals surface area contributed by atoms with Crippen LogP contribution < -0.4 is 15.5 Å². The number of nitrogens with one attached hydrogen (secondary N) is 2. The molecule has 4 amide bonds. The summed E-state index contributed by atoms with van der Waals surface area (Å²) in [5.74, 6) is -0.192. The van der Waals surface area contributed by atoms with Crippen molar-refractivity contribution < 1.29 is 23.2 Å². The van der Waals surface area contributed by atoms with E-state index in [1.165, 1.54) is 23.9 Å². The normalized spacial score (nSPS) is 18.4. The molecule has 0 radical (unpaired) electrons. The zero-order valence-electron chi connectivity index (χ0n) is 31.6. The largest absolute Gasteiger partial charge is 0.352 e. The van der Waals surface area contributed by atoms with Gasteiger partial charge in [-0.1, -0.05) is 30.7 Å². The van der Waals surface area contributed by atoms with Crippen LogP contribution in [0.3, 0.4) is 0 Å². The lowest BCUT2D eigenvalue weighted by atomic mass is 9.89. The van der Waals surface area contributed by atoms with E-state index >= 15 is 0 Å². The number of nitrogens with zero attached hydrogens (tertiary/aromatic N) is 7. The molecular weight excluding hydrogens is 705 g/mol. The Labute approximate surface area is 320 Å². The van der Waals surface area contributed by atoms with Crippen LogP contribution in [-0.2, 0) is 11.3 Å². The molecule has 0 unspecified atom stereocenters. The van der Waals surface area contributed by atoms with Gasteiger partial charge in [0.15, 0.2) is 5.65 Å². The lowest BCUT2D eigenvalue weighted by Crippen LogP contribution is -2.48. The molecule has 0 aliphatic carbocycles. The fourth-order valence-electron chi connectivity index (χ4n) is 8.07. The van der Waals surface area contributed by atoms with Crippen molar-refractivity contribution in [1.29, 1.82) is 0 Å². The van der Waals surface area contributed by atoms with Gasteiger partial charge in [0, 0.05) is 57.4 Å². The summed E-state index contributed by atoms with van der Waals surface area (Å²) in [6.45, 7) is 7.42. The molecule has 3 saturated heterocycles. The number of likely N-dealkylation sites (N-methyl/N-ethyl adjacent to an activating group) is 1. The van der Waals surface area contributed by atoms with Crippen LogP contribution in [0.2, 0.25) is 0 Å². The Morgan fingerprint density at radius 1 is 0.964 bits per heavy atom. The number of anilines is 1. The Bertz CT molecular complexity index is 1960. The average molecular weight is 756 g/mol. The standard InChI is InChI=1S/C41H51F2N9O3/c1-48(24-25-49-20-13-31(14-21-49)30-9-7-29(8-10-30)28-50-22-16-38(53)47-41(50)55)18-4-2-3-17-44-40(54)34-27-45-52-23-15-37(46-39(34)52)51-19-5-6-36(51)33-26-32(42)11-12-35(33)43/h7-12,15,23,26-27,31,36H,2-6,13-14,16-22,24-25,28H2,1H3,(H,44,54)(H,47,53,55)/t36-/m1/s1. The number of aromatic nitrogens is 3. The smallest absolute Gasteiger partial charge is 0.324 e. The van der Waals surface area contributed by atoms with Crippen molar-refractivity contribution in [3.05, 3.63) is 94.8 Å². The van der Waals surface area contributed by atoms with Crippen LogP contribution >= 0.6 is 0 Å². The second-order valence-corrected chi connectivity index (χ2v) is 15.1. The van der Waals surface area contributed by atoms with Crippen LogP contribution in [-0.4, -0.2) is 107 Å². The lowest BCUT2D eigenvalue weighted by Gasteiger charge is -2.33. The minimum absolute atomic E-state index is 0.208. The van der Waals surface area contributed by atoms with Crippen molar-refractivity contribution in [2.24, 2.45) is 0 Å². The predicted molar refractivity (Wildman–Crippen MR) is 206 cm³/mol. The first-order valence-electron chi connectivity index (χ1n) is 19.6. The highest BCUT2D eigenvalue weighted by molar-refractivity contribution is 5.99. The Morgan fingerprint density at radius 3 is 2.58 bits per heavy atom. The van der Waals surface area contributed by atoms with Crippen molar-refractivity contribution in [2.75, 3.05) is 64.3 Å². The maximum atomic E-state index is 14.6. The maximum absolute atomic E-state index is 14.6.